The first-order valence-electron chi connectivity index (χ1n) is 5.61. The van der Waals surface area contributed by atoms with Crippen LogP contribution >= 0.6 is 0 Å². The Morgan fingerprint density at radius 1 is 1.38 bits per heavy atom. The van der Waals surface area contributed by atoms with E-state index < -0.39 is 0 Å². The number of nitrogens with one attached hydrogen (secondary N) is 2. The largest absolute Gasteiger partial charge is 0.313 e. The van der Waals surface area contributed by atoms with Gasteiger partial charge in [-0.05, 0) is 19.5 Å². The van der Waals surface area contributed by atoms with Gasteiger partial charge in [-0.1, -0.05) is 30.7 Å². The van der Waals surface area contributed by atoms with E-state index >= 15 is 0 Å². The fraction of sp³-hybridized carbons (Fsp3) is 0.308. The zero-order chi connectivity index (χ0) is 11.4. The van der Waals surface area contributed by atoms with Crippen LogP contribution in [0.2, 0.25) is 0 Å². The molecule has 0 unspecified atom stereocenters. The molecule has 0 atom stereocenters. The highest BCUT2D eigenvalue weighted by atomic mass is 15.1. The molecule has 0 aliphatic rings. The molecule has 2 N–H and O–H groups in total. The minimum absolute atomic E-state index is 0.857. The highest BCUT2D eigenvalue weighted by Gasteiger charge is 2.06. The Kier molecular flexibility index (Phi) is 3.37. The number of hydrogen-bond donors (Lipinski definition) is 2. The average molecular weight is 215 g/mol. The van der Waals surface area contributed by atoms with Gasteiger partial charge in [0.05, 0.1) is 11.9 Å². The number of rotatable bonds is 4. The van der Waals surface area contributed by atoms with Crippen LogP contribution in [0.15, 0.2) is 30.5 Å². The van der Waals surface area contributed by atoms with Crippen molar-refractivity contribution in [3.05, 3.63) is 41.6 Å². The fourth-order valence-electron chi connectivity index (χ4n) is 1.76. The lowest BCUT2D eigenvalue weighted by Gasteiger charge is -2.04. The minimum atomic E-state index is 0.857. The van der Waals surface area contributed by atoms with E-state index in [1.54, 1.807) is 0 Å². The SMILES string of the molecule is CCNCc1cn[nH]c1-c1cccc(C)c1. The molecule has 2 aromatic rings. The normalized spacial score (nSPS) is 10.6. The Labute approximate surface area is 95.9 Å². The van der Waals surface area contributed by atoms with Gasteiger partial charge in [0, 0.05) is 17.7 Å². The summed E-state index contributed by atoms with van der Waals surface area (Å²) in [7, 11) is 0. The van der Waals surface area contributed by atoms with E-state index in [0.717, 1.165) is 18.8 Å². The molecule has 1 aromatic heterocycles. The van der Waals surface area contributed by atoms with Crippen molar-refractivity contribution in [2.75, 3.05) is 6.54 Å². The molecule has 0 saturated carbocycles. The minimum Gasteiger partial charge on any atom is -0.313 e. The van der Waals surface area contributed by atoms with Gasteiger partial charge in [0.25, 0.3) is 0 Å². The lowest BCUT2D eigenvalue weighted by molar-refractivity contribution is 0.728. The standard InChI is InChI=1S/C13H17N3/c1-3-14-8-12-9-15-16-13(12)11-6-4-5-10(2)7-11/h4-7,9,14H,3,8H2,1-2H3,(H,15,16). The van der Waals surface area contributed by atoms with E-state index in [1.807, 2.05) is 6.20 Å². The van der Waals surface area contributed by atoms with E-state index in [9.17, 15) is 0 Å². The maximum absolute atomic E-state index is 4.12. The molecule has 1 heterocycles. The topological polar surface area (TPSA) is 40.7 Å². The van der Waals surface area contributed by atoms with Crippen LogP contribution in [0.5, 0.6) is 0 Å². The van der Waals surface area contributed by atoms with Crippen molar-refractivity contribution in [2.24, 2.45) is 0 Å². The highest BCUT2D eigenvalue weighted by molar-refractivity contribution is 5.63. The maximum Gasteiger partial charge on any atom is 0.0695 e. The number of nitrogens with zero attached hydrogens (tertiary/aromatic N) is 1. The molecule has 0 bridgehead atoms. The molecule has 2 rings (SSSR count). The third-order valence-electron chi connectivity index (χ3n) is 2.59. The van der Waals surface area contributed by atoms with Crippen molar-refractivity contribution >= 4 is 0 Å². The van der Waals surface area contributed by atoms with Gasteiger partial charge in [-0.15, -0.1) is 0 Å². The summed E-state index contributed by atoms with van der Waals surface area (Å²) in [6.45, 7) is 6.03. The number of H-pyrrole nitrogens is 1. The molecule has 16 heavy (non-hydrogen) atoms. The molecule has 84 valence electrons. The lowest BCUT2D eigenvalue weighted by Crippen LogP contribution is -2.11. The highest BCUT2D eigenvalue weighted by Crippen LogP contribution is 2.21. The molecule has 0 saturated heterocycles. The van der Waals surface area contributed by atoms with E-state index in [1.165, 1.54) is 16.7 Å². The molecule has 0 aliphatic carbocycles. The monoisotopic (exact) mass is 215 g/mol. The van der Waals surface area contributed by atoms with Gasteiger partial charge in [0.2, 0.25) is 0 Å². The van der Waals surface area contributed by atoms with Gasteiger partial charge < -0.3 is 5.32 Å². The van der Waals surface area contributed by atoms with Crippen molar-refractivity contribution in [3.8, 4) is 11.3 Å². The van der Waals surface area contributed by atoms with Gasteiger partial charge in [-0.3, -0.25) is 5.10 Å². The van der Waals surface area contributed by atoms with Crippen molar-refractivity contribution in [2.45, 2.75) is 20.4 Å². The summed E-state index contributed by atoms with van der Waals surface area (Å²) in [5, 5.41) is 10.5. The Morgan fingerprint density at radius 2 is 2.25 bits per heavy atom. The van der Waals surface area contributed by atoms with Crippen molar-refractivity contribution in [3.63, 3.8) is 0 Å². The van der Waals surface area contributed by atoms with E-state index in [-0.39, 0.29) is 0 Å². The second kappa shape index (κ2) is 4.94. The van der Waals surface area contributed by atoms with E-state index in [4.69, 9.17) is 0 Å². The Hall–Kier alpha value is -1.61. The number of aromatic amines is 1. The van der Waals surface area contributed by atoms with E-state index in [0.29, 0.717) is 0 Å². The summed E-state index contributed by atoms with van der Waals surface area (Å²) < 4.78 is 0. The molecule has 3 nitrogen and oxygen atoms in total. The molecular formula is C13H17N3. The molecule has 3 heteroatoms. The summed E-state index contributed by atoms with van der Waals surface area (Å²) in [4.78, 5) is 0. The van der Waals surface area contributed by atoms with Gasteiger partial charge in [-0.25, -0.2) is 0 Å². The van der Waals surface area contributed by atoms with Crippen molar-refractivity contribution in [1.29, 1.82) is 0 Å². The van der Waals surface area contributed by atoms with Crippen LogP contribution in [0.1, 0.15) is 18.1 Å². The molecule has 0 radical (unpaired) electrons. The quantitative estimate of drug-likeness (QED) is 0.822. The first-order valence-corrected chi connectivity index (χ1v) is 5.61. The summed E-state index contributed by atoms with van der Waals surface area (Å²) in [5.41, 5.74) is 4.80. The fourth-order valence-corrected chi connectivity index (χ4v) is 1.76. The number of aromatic nitrogens is 2. The van der Waals surface area contributed by atoms with Crippen LogP contribution in [-0.4, -0.2) is 16.7 Å². The second-order valence-corrected chi connectivity index (χ2v) is 3.92. The van der Waals surface area contributed by atoms with Crippen LogP contribution in [0.4, 0.5) is 0 Å². The molecule has 1 aromatic carbocycles. The Morgan fingerprint density at radius 3 is 3.00 bits per heavy atom. The third kappa shape index (κ3) is 2.31. The Bertz CT molecular complexity index is 460. The lowest BCUT2D eigenvalue weighted by atomic mass is 10.1. The summed E-state index contributed by atoms with van der Waals surface area (Å²) in [6.07, 6.45) is 1.89. The maximum atomic E-state index is 4.12. The summed E-state index contributed by atoms with van der Waals surface area (Å²) in [5.74, 6) is 0. The second-order valence-electron chi connectivity index (χ2n) is 3.92. The molecule has 0 aliphatic heterocycles. The number of benzene rings is 1. The van der Waals surface area contributed by atoms with Crippen molar-refractivity contribution in [1.82, 2.24) is 15.5 Å². The summed E-state index contributed by atoms with van der Waals surface area (Å²) >= 11 is 0. The van der Waals surface area contributed by atoms with Crippen molar-refractivity contribution < 1.29 is 0 Å². The van der Waals surface area contributed by atoms with Crippen LogP contribution in [0.25, 0.3) is 11.3 Å². The molecule has 0 spiro atoms. The zero-order valence-electron chi connectivity index (χ0n) is 9.75. The Balaban J connectivity index is 2.29. The van der Waals surface area contributed by atoms with Crippen LogP contribution in [-0.2, 0) is 6.54 Å². The number of hydrogen-bond acceptors (Lipinski definition) is 2. The third-order valence-corrected chi connectivity index (χ3v) is 2.59. The first-order chi connectivity index (χ1) is 7.81. The van der Waals surface area contributed by atoms with E-state index in [2.05, 4.69) is 53.6 Å². The van der Waals surface area contributed by atoms with Gasteiger partial charge in [0.1, 0.15) is 0 Å². The summed E-state index contributed by atoms with van der Waals surface area (Å²) in [6, 6.07) is 8.45. The molecule has 0 fully saturated rings. The average Bonchev–Trinajstić information content (AvgIpc) is 2.74. The zero-order valence-corrected chi connectivity index (χ0v) is 9.75. The van der Waals surface area contributed by atoms with Crippen LogP contribution < -0.4 is 5.32 Å². The smallest absolute Gasteiger partial charge is 0.0695 e. The van der Waals surface area contributed by atoms with Crippen LogP contribution in [0.3, 0.4) is 0 Å². The molecular weight excluding hydrogens is 198 g/mol. The first kappa shape index (κ1) is 10.9. The molecule has 0 amide bonds. The van der Waals surface area contributed by atoms with Gasteiger partial charge >= 0.3 is 0 Å². The van der Waals surface area contributed by atoms with Gasteiger partial charge in [-0.2, -0.15) is 5.10 Å². The predicted octanol–water partition coefficient (Wildman–Crippen LogP) is 2.49. The predicted molar refractivity (Wildman–Crippen MR) is 66.1 cm³/mol. The van der Waals surface area contributed by atoms with Gasteiger partial charge in [0.15, 0.2) is 0 Å². The van der Waals surface area contributed by atoms with Crippen LogP contribution in [0, 0.1) is 6.92 Å². The number of aryl methyl sites for hydroxylation is 1.